The molecule has 1 amide bonds. The van der Waals surface area contributed by atoms with Crippen molar-refractivity contribution in [1.82, 2.24) is 20.3 Å². The van der Waals surface area contributed by atoms with E-state index in [1.807, 2.05) is 30.3 Å². The van der Waals surface area contributed by atoms with Crippen LogP contribution in [0.5, 0.6) is 0 Å². The largest absolute Gasteiger partial charge is 0.400 e. The highest BCUT2D eigenvalue weighted by Gasteiger charge is 2.53. The van der Waals surface area contributed by atoms with E-state index in [-0.39, 0.29) is 22.0 Å². The molecule has 4 rings (SSSR count). The Balaban J connectivity index is 1.49. The lowest BCUT2D eigenvalue weighted by molar-refractivity contribution is 0.0595. The van der Waals surface area contributed by atoms with Gasteiger partial charge in [-0.2, -0.15) is 8.78 Å². The van der Waals surface area contributed by atoms with Gasteiger partial charge in [-0.1, -0.05) is 35.5 Å². The van der Waals surface area contributed by atoms with E-state index in [9.17, 15) is 18.1 Å². The van der Waals surface area contributed by atoms with E-state index in [1.165, 1.54) is 18.2 Å². The second-order valence-electron chi connectivity index (χ2n) is 7.01. The molecule has 0 aliphatic heterocycles. The van der Waals surface area contributed by atoms with Gasteiger partial charge in [0.05, 0.1) is 18.4 Å². The van der Waals surface area contributed by atoms with Crippen LogP contribution in [-0.4, -0.2) is 37.2 Å². The Hall–Kier alpha value is -2.50. The molecule has 2 aromatic carbocycles. The minimum absolute atomic E-state index is 0.152. The van der Waals surface area contributed by atoms with E-state index in [1.54, 1.807) is 10.9 Å². The van der Waals surface area contributed by atoms with Crippen molar-refractivity contribution in [3.63, 3.8) is 0 Å². The summed E-state index contributed by atoms with van der Waals surface area (Å²) in [4.78, 5) is 29.9. The SMILES string of the molecule is O=C(NCCn1nncc1-c1ccccc1)c1ccc2sc(C(F)(F)P(=O)(O)O)c(Br)c2c1. The third-order valence-electron chi connectivity index (χ3n) is 4.83. The van der Waals surface area contributed by atoms with Crippen molar-refractivity contribution >= 4 is 50.9 Å². The first-order valence-electron chi connectivity index (χ1n) is 9.47. The topological polar surface area (TPSA) is 117 Å². The highest BCUT2D eigenvalue weighted by Crippen LogP contribution is 2.62. The van der Waals surface area contributed by atoms with Crippen LogP contribution in [0.1, 0.15) is 15.2 Å². The van der Waals surface area contributed by atoms with Gasteiger partial charge >= 0.3 is 13.3 Å². The molecule has 0 aliphatic carbocycles. The van der Waals surface area contributed by atoms with Crippen molar-refractivity contribution in [2.45, 2.75) is 12.2 Å². The van der Waals surface area contributed by atoms with Crippen molar-refractivity contribution in [2.24, 2.45) is 0 Å². The minimum Gasteiger partial charge on any atom is -0.350 e. The lowest BCUT2D eigenvalue weighted by atomic mass is 10.1. The number of alkyl halides is 2. The van der Waals surface area contributed by atoms with E-state index in [0.29, 0.717) is 22.6 Å². The second-order valence-corrected chi connectivity index (χ2v) is 10.5. The number of nitrogens with zero attached hydrogens (tertiary/aromatic N) is 3. The van der Waals surface area contributed by atoms with E-state index in [4.69, 9.17) is 9.79 Å². The number of rotatable bonds is 7. The summed E-state index contributed by atoms with van der Waals surface area (Å²) in [7, 11) is -5.71. The summed E-state index contributed by atoms with van der Waals surface area (Å²) >= 11 is 3.56. The van der Waals surface area contributed by atoms with Gasteiger partial charge in [-0.15, -0.1) is 16.4 Å². The molecule has 13 heteroatoms. The summed E-state index contributed by atoms with van der Waals surface area (Å²) in [6.45, 7) is 0.603. The number of halogens is 3. The molecule has 2 aromatic heterocycles. The number of hydrogen-bond donors (Lipinski definition) is 3. The molecule has 172 valence electrons. The standard InChI is InChI=1S/C20H16BrF2N4O4PS/c21-17-14-10-13(6-7-16(14)33-18(17)20(22,23)32(29,30)31)19(28)24-8-9-27-15(11-25-26-27)12-4-2-1-3-5-12/h1-7,10-11H,8-9H2,(H,24,28)(H2,29,30,31). The number of nitrogens with one attached hydrogen (secondary N) is 1. The molecule has 0 saturated carbocycles. The van der Waals surface area contributed by atoms with Gasteiger partial charge in [-0.3, -0.25) is 9.36 Å². The fourth-order valence-corrected chi connectivity index (χ4v) is 6.09. The van der Waals surface area contributed by atoms with Gasteiger partial charge in [0.1, 0.15) is 4.88 Å². The molecule has 0 atom stereocenters. The van der Waals surface area contributed by atoms with Crippen LogP contribution < -0.4 is 5.32 Å². The zero-order chi connectivity index (χ0) is 23.8. The molecule has 0 radical (unpaired) electrons. The van der Waals surface area contributed by atoms with E-state index in [0.717, 1.165) is 11.3 Å². The van der Waals surface area contributed by atoms with Crippen LogP contribution in [0.3, 0.4) is 0 Å². The predicted octanol–water partition coefficient (Wildman–Crippen LogP) is 4.58. The molecule has 4 aromatic rings. The van der Waals surface area contributed by atoms with Crippen LogP contribution in [0, 0.1) is 0 Å². The first kappa shape index (κ1) is 23.7. The number of carbonyl (C=O) groups is 1. The smallest absolute Gasteiger partial charge is 0.350 e. The first-order valence-corrected chi connectivity index (χ1v) is 12.7. The van der Waals surface area contributed by atoms with Gasteiger partial charge in [0.15, 0.2) is 0 Å². The van der Waals surface area contributed by atoms with E-state index >= 15 is 0 Å². The Bertz CT molecular complexity index is 1370. The summed E-state index contributed by atoms with van der Waals surface area (Å²) in [6.07, 6.45) is 1.63. The maximum atomic E-state index is 14.2. The van der Waals surface area contributed by atoms with Crippen molar-refractivity contribution in [3.8, 4) is 11.3 Å². The maximum absolute atomic E-state index is 14.2. The summed E-state index contributed by atoms with van der Waals surface area (Å²) in [6, 6.07) is 13.9. The van der Waals surface area contributed by atoms with Crippen LogP contribution in [0.4, 0.5) is 8.78 Å². The average Bonchev–Trinajstić information content (AvgIpc) is 3.38. The van der Waals surface area contributed by atoms with Gasteiger partial charge < -0.3 is 15.1 Å². The van der Waals surface area contributed by atoms with Gasteiger partial charge in [0.25, 0.3) is 5.91 Å². The lowest BCUT2D eigenvalue weighted by Gasteiger charge is -2.16. The van der Waals surface area contributed by atoms with Crippen molar-refractivity contribution < 1.29 is 27.9 Å². The second kappa shape index (κ2) is 9.03. The van der Waals surface area contributed by atoms with Crippen LogP contribution in [0.25, 0.3) is 21.3 Å². The van der Waals surface area contributed by atoms with Crippen molar-refractivity contribution in [1.29, 1.82) is 0 Å². The van der Waals surface area contributed by atoms with Crippen LogP contribution in [0.15, 0.2) is 59.2 Å². The molecule has 2 heterocycles. The fourth-order valence-electron chi connectivity index (χ4n) is 3.17. The number of amides is 1. The lowest BCUT2D eigenvalue weighted by Crippen LogP contribution is -2.27. The van der Waals surface area contributed by atoms with Crippen molar-refractivity contribution in [2.75, 3.05) is 6.54 Å². The number of thiophene rings is 1. The molecule has 0 aliphatic rings. The van der Waals surface area contributed by atoms with Gasteiger partial charge in [0.2, 0.25) is 0 Å². The minimum atomic E-state index is -5.71. The van der Waals surface area contributed by atoms with Crippen LogP contribution in [0.2, 0.25) is 0 Å². The molecule has 3 N–H and O–H groups in total. The zero-order valence-corrected chi connectivity index (χ0v) is 19.9. The fraction of sp³-hybridized carbons (Fsp3) is 0.150. The van der Waals surface area contributed by atoms with Gasteiger partial charge in [-0.25, -0.2) is 4.68 Å². The Labute approximate surface area is 198 Å². The first-order chi connectivity index (χ1) is 15.6. The number of benzene rings is 2. The molecule has 0 saturated heterocycles. The predicted molar refractivity (Wildman–Crippen MR) is 123 cm³/mol. The van der Waals surface area contributed by atoms with Crippen LogP contribution >= 0.6 is 34.9 Å². The molecule has 0 fully saturated rings. The molecular weight excluding hydrogens is 541 g/mol. The summed E-state index contributed by atoms with van der Waals surface area (Å²) in [5, 5.41) is 11.0. The Morgan fingerprint density at radius 2 is 1.94 bits per heavy atom. The number of aromatic nitrogens is 3. The molecule has 8 nitrogen and oxygen atoms in total. The average molecular weight is 557 g/mol. The maximum Gasteiger partial charge on any atom is 0.400 e. The van der Waals surface area contributed by atoms with Crippen LogP contribution in [-0.2, 0) is 16.8 Å². The monoisotopic (exact) mass is 556 g/mol. The molecule has 0 unspecified atom stereocenters. The summed E-state index contributed by atoms with van der Waals surface area (Å²) in [5.74, 6) is -0.431. The molecular formula is C20H16BrF2N4O4PS. The zero-order valence-electron chi connectivity index (χ0n) is 16.7. The quantitative estimate of drug-likeness (QED) is 0.287. The molecule has 33 heavy (non-hydrogen) atoms. The van der Waals surface area contributed by atoms with Gasteiger partial charge in [0, 0.05) is 32.2 Å². The molecule has 0 bridgehead atoms. The summed E-state index contributed by atoms with van der Waals surface area (Å²) in [5.41, 5.74) is -2.39. The third-order valence-corrected chi connectivity index (χ3v) is 8.26. The Morgan fingerprint density at radius 3 is 2.64 bits per heavy atom. The highest BCUT2D eigenvalue weighted by molar-refractivity contribution is 9.10. The number of hydrogen-bond acceptors (Lipinski definition) is 5. The number of fused-ring (bicyclic) bond motifs is 1. The van der Waals surface area contributed by atoms with E-state index < -0.39 is 24.0 Å². The number of carbonyl (C=O) groups excluding carboxylic acids is 1. The Kier molecular flexibility index (Phi) is 6.47. The highest BCUT2D eigenvalue weighted by atomic mass is 79.9. The van der Waals surface area contributed by atoms with Gasteiger partial charge in [-0.05, 0) is 34.1 Å². The molecule has 0 spiro atoms. The van der Waals surface area contributed by atoms with Crippen molar-refractivity contribution in [3.05, 3.63) is 69.6 Å². The summed E-state index contributed by atoms with van der Waals surface area (Å²) < 4.78 is 41.5. The normalized spacial score (nSPS) is 12.3. The third kappa shape index (κ3) is 4.62. The Morgan fingerprint density at radius 1 is 1.21 bits per heavy atom. The van der Waals surface area contributed by atoms with E-state index in [2.05, 4.69) is 31.6 Å².